The molecule has 0 heterocycles. The summed E-state index contributed by atoms with van der Waals surface area (Å²) in [5.74, 6) is -0.723. The molecule has 0 saturated heterocycles. The lowest BCUT2D eigenvalue weighted by atomic mass is 10.1. The third-order valence-electron chi connectivity index (χ3n) is 3.32. The molecule has 0 aromatic carbocycles. The molecule has 0 amide bonds. The van der Waals surface area contributed by atoms with Gasteiger partial charge in [-0.1, -0.05) is 20.4 Å². The van der Waals surface area contributed by atoms with Crippen LogP contribution in [0, 0.1) is 0 Å². The van der Waals surface area contributed by atoms with Crippen LogP contribution in [-0.2, 0) is 19.6 Å². The van der Waals surface area contributed by atoms with Crippen LogP contribution in [-0.4, -0.2) is 60.1 Å². The molecule has 0 fully saturated rings. The van der Waals surface area contributed by atoms with Crippen LogP contribution in [0.2, 0.25) is 0 Å². The number of carbonyl (C=O) groups excluding carboxylic acids is 1. The first kappa shape index (κ1) is 20.0. The number of aliphatic hydroxyl groups excluding tert-OH is 1. The highest BCUT2D eigenvalue weighted by Crippen LogP contribution is 2.28. The van der Waals surface area contributed by atoms with Gasteiger partial charge in [0.15, 0.2) is 4.87 Å². The third-order valence-corrected chi connectivity index (χ3v) is 4.86. The van der Waals surface area contributed by atoms with Gasteiger partial charge in [-0.2, -0.15) is 8.42 Å². The molecule has 0 aliphatic heterocycles. The number of ether oxygens (including phenoxy) is 1. The number of hydrogen-bond donors (Lipinski definition) is 2. The standard InChI is InChI=1S/C13H25NO6S/c1-5-14(6-2)13(8-7-9-15,21(17,18)19)10-20-12(16)11(3)4/h15H,3,5-10H2,1-2,4H3,(H,17,18,19). The summed E-state index contributed by atoms with van der Waals surface area (Å²) in [5.41, 5.74) is 0.140. The molecule has 0 spiro atoms. The van der Waals surface area contributed by atoms with Gasteiger partial charge in [0.05, 0.1) is 0 Å². The predicted octanol–water partition coefficient (Wildman–Crippen LogP) is 0.804. The topological polar surface area (TPSA) is 104 Å². The largest absolute Gasteiger partial charge is 0.459 e. The van der Waals surface area contributed by atoms with Crippen LogP contribution in [0.5, 0.6) is 0 Å². The first-order valence-corrected chi connectivity index (χ1v) is 8.25. The molecule has 0 rings (SSSR count). The Morgan fingerprint density at radius 3 is 2.19 bits per heavy atom. The highest BCUT2D eigenvalue weighted by Gasteiger charge is 2.48. The monoisotopic (exact) mass is 323 g/mol. The van der Waals surface area contributed by atoms with E-state index in [4.69, 9.17) is 9.84 Å². The van der Waals surface area contributed by atoms with Crippen molar-refractivity contribution in [1.82, 2.24) is 4.90 Å². The van der Waals surface area contributed by atoms with Crippen molar-refractivity contribution in [2.45, 2.75) is 38.5 Å². The quantitative estimate of drug-likeness (QED) is 0.348. The number of likely N-dealkylation sites (N-methyl/N-ethyl adjacent to an activating group) is 1. The Balaban J connectivity index is 5.56. The van der Waals surface area contributed by atoms with Crippen molar-refractivity contribution in [2.24, 2.45) is 0 Å². The first-order chi connectivity index (χ1) is 9.66. The zero-order valence-corrected chi connectivity index (χ0v) is 13.6. The van der Waals surface area contributed by atoms with Gasteiger partial charge in [-0.25, -0.2) is 4.79 Å². The summed E-state index contributed by atoms with van der Waals surface area (Å²) < 4.78 is 38.5. The molecule has 0 aromatic heterocycles. The summed E-state index contributed by atoms with van der Waals surface area (Å²) in [5, 5.41) is 8.97. The fourth-order valence-electron chi connectivity index (χ4n) is 2.14. The van der Waals surface area contributed by atoms with Gasteiger partial charge in [-0.05, 0) is 32.9 Å². The van der Waals surface area contributed by atoms with E-state index in [2.05, 4.69) is 6.58 Å². The molecule has 7 nitrogen and oxygen atoms in total. The number of aliphatic hydroxyl groups is 1. The molecule has 0 aliphatic rings. The summed E-state index contributed by atoms with van der Waals surface area (Å²) in [7, 11) is -4.54. The van der Waals surface area contributed by atoms with Crippen molar-refractivity contribution >= 4 is 16.1 Å². The maximum absolute atomic E-state index is 11.9. The molecule has 21 heavy (non-hydrogen) atoms. The Kier molecular flexibility index (Phi) is 8.09. The van der Waals surface area contributed by atoms with Crippen molar-refractivity contribution in [3.63, 3.8) is 0 Å². The molecule has 1 atom stereocenters. The molecule has 0 aromatic rings. The van der Waals surface area contributed by atoms with Gasteiger partial charge < -0.3 is 9.84 Å². The van der Waals surface area contributed by atoms with E-state index in [1.54, 1.807) is 13.8 Å². The highest BCUT2D eigenvalue weighted by atomic mass is 32.2. The molecule has 0 bridgehead atoms. The number of hydrogen-bond acceptors (Lipinski definition) is 6. The molecule has 124 valence electrons. The molecule has 2 N–H and O–H groups in total. The molecule has 0 saturated carbocycles. The summed E-state index contributed by atoms with van der Waals surface area (Å²) in [6, 6.07) is 0. The van der Waals surface area contributed by atoms with E-state index >= 15 is 0 Å². The number of esters is 1. The second kappa shape index (κ2) is 8.47. The zero-order chi connectivity index (χ0) is 16.7. The molecule has 0 radical (unpaired) electrons. The summed E-state index contributed by atoms with van der Waals surface area (Å²) >= 11 is 0. The van der Waals surface area contributed by atoms with Crippen LogP contribution in [0.1, 0.15) is 33.6 Å². The van der Waals surface area contributed by atoms with Gasteiger partial charge in [0.1, 0.15) is 6.61 Å². The minimum absolute atomic E-state index is 0.0481. The Labute approximate surface area is 126 Å². The first-order valence-electron chi connectivity index (χ1n) is 6.81. The van der Waals surface area contributed by atoms with Crippen molar-refractivity contribution < 1.29 is 27.6 Å². The van der Waals surface area contributed by atoms with Crippen molar-refractivity contribution in [2.75, 3.05) is 26.3 Å². The van der Waals surface area contributed by atoms with Crippen molar-refractivity contribution in [3.8, 4) is 0 Å². The van der Waals surface area contributed by atoms with Gasteiger partial charge in [-0.15, -0.1) is 0 Å². The van der Waals surface area contributed by atoms with E-state index in [1.165, 1.54) is 11.8 Å². The maximum Gasteiger partial charge on any atom is 0.333 e. The van der Waals surface area contributed by atoms with Gasteiger partial charge in [0.2, 0.25) is 0 Å². The molecule has 1 unspecified atom stereocenters. The normalized spacial score (nSPS) is 14.8. The lowest BCUT2D eigenvalue weighted by Gasteiger charge is -2.39. The summed E-state index contributed by atoms with van der Waals surface area (Å²) in [6.07, 6.45) is 0.106. The number of rotatable bonds is 10. The van der Waals surface area contributed by atoms with E-state index in [-0.39, 0.29) is 25.0 Å². The summed E-state index contributed by atoms with van der Waals surface area (Å²) in [4.78, 5) is 11.3. The van der Waals surface area contributed by atoms with Crippen LogP contribution in [0.4, 0.5) is 0 Å². The third kappa shape index (κ3) is 5.06. The fourth-order valence-corrected chi connectivity index (χ4v) is 3.34. The fraction of sp³-hybridized carbons (Fsp3) is 0.769. The Bertz CT molecular complexity index is 457. The van der Waals surface area contributed by atoms with Gasteiger partial charge in [0.25, 0.3) is 10.1 Å². The highest BCUT2D eigenvalue weighted by molar-refractivity contribution is 7.87. The molecular formula is C13H25NO6S. The smallest absolute Gasteiger partial charge is 0.333 e. The van der Waals surface area contributed by atoms with Crippen molar-refractivity contribution in [3.05, 3.63) is 12.2 Å². The van der Waals surface area contributed by atoms with Crippen LogP contribution >= 0.6 is 0 Å². The van der Waals surface area contributed by atoms with Crippen LogP contribution < -0.4 is 0 Å². The van der Waals surface area contributed by atoms with Gasteiger partial charge in [0, 0.05) is 12.2 Å². The predicted molar refractivity (Wildman–Crippen MR) is 79.3 cm³/mol. The average Bonchev–Trinajstić information content (AvgIpc) is 2.40. The molecule has 0 aliphatic carbocycles. The Morgan fingerprint density at radius 2 is 1.86 bits per heavy atom. The van der Waals surface area contributed by atoms with E-state index < -0.39 is 27.6 Å². The second-order valence-corrected chi connectivity index (χ2v) is 6.49. The average molecular weight is 323 g/mol. The van der Waals surface area contributed by atoms with Crippen LogP contribution in [0.25, 0.3) is 0 Å². The van der Waals surface area contributed by atoms with Gasteiger partial charge in [-0.3, -0.25) is 9.45 Å². The Hall–Kier alpha value is -0.960. The SMILES string of the molecule is C=C(C)C(=O)OCC(CCCO)(N(CC)CC)S(=O)(=O)O. The van der Waals surface area contributed by atoms with E-state index in [9.17, 15) is 17.8 Å². The number of nitrogens with zero attached hydrogens (tertiary/aromatic N) is 1. The lowest BCUT2D eigenvalue weighted by Crippen LogP contribution is -2.57. The number of carbonyl (C=O) groups is 1. The minimum atomic E-state index is -4.54. The zero-order valence-electron chi connectivity index (χ0n) is 12.8. The lowest BCUT2D eigenvalue weighted by molar-refractivity contribution is -0.141. The van der Waals surface area contributed by atoms with E-state index in [0.717, 1.165) is 0 Å². The van der Waals surface area contributed by atoms with Gasteiger partial charge >= 0.3 is 5.97 Å². The molecular weight excluding hydrogens is 298 g/mol. The second-order valence-electron chi connectivity index (χ2n) is 4.78. The van der Waals surface area contributed by atoms with Crippen molar-refractivity contribution in [1.29, 1.82) is 0 Å². The minimum Gasteiger partial charge on any atom is -0.459 e. The van der Waals surface area contributed by atoms with Crippen LogP contribution in [0.15, 0.2) is 12.2 Å². The van der Waals surface area contributed by atoms with Crippen LogP contribution in [0.3, 0.4) is 0 Å². The Morgan fingerprint density at radius 1 is 1.33 bits per heavy atom. The van der Waals surface area contributed by atoms with E-state index in [1.807, 2.05) is 0 Å². The molecule has 8 heteroatoms. The maximum atomic E-state index is 11.9. The summed E-state index contributed by atoms with van der Waals surface area (Å²) in [6.45, 7) is 8.29. The van der Waals surface area contributed by atoms with E-state index in [0.29, 0.717) is 13.1 Å².